The maximum absolute atomic E-state index is 10.3. The first-order valence-electron chi connectivity index (χ1n) is 4.53. The molecule has 66 valence electrons. The van der Waals surface area contributed by atoms with Gasteiger partial charge in [0.05, 0.1) is 0 Å². The van der Waals surface area contributed by atoms with Crippen molar-refractivity contribution in [3.63, 3.8) is 0 Å². The van der Waals surface area contributed by atoms with Gasteiger partial charge in [0.1, 0.15) is 0 Å². The van der Waals surface area contributed by atoms with Crippen LogP contribution in [0.4, 0.5) is 0 Å². The highest BCUT2D eigenvalue weighted by molar-refractivity contribution is 5.82. The van der Waals surface area contributed by atoms with Crippen LogP contribution in [-0.2, 0) is 4.79 Å². The molecule has 0 aromatic carbocycles. The average Bonchev–Trinajstić information content (AvgIpc) is 1.87. The molecule has 0 saturated carbocycles. The van der Waals surface area contributed by atoms with Crippen molar-refractivity contribution in [2.24, 2.45) is 0 Å². The Labute approximate surface area is 69.4 Å². The molecule has 1 unspecified atom stereocenters. The number of carbonyl (C=O) groups excluding carboxylic acids is 1. The van der Waals surface area contributed by atoms with Crippen LogP contribution in [0.15, 0.2) is 0 Å². The van der Waals surface area contributed by atoms with Gasteiger partial charge in [0.2, 0.25) is 5.91 Å². The second-order valence-corrected chi connectivity index (χ2v) is 2.96. The highest BCUT2D eigenvalue weighted by Crippen LogP contribution is 2.09. The number of amides is 1. The predicted molar refractivity (Wildman–Crippen MR) is 47.4 cm³/mol. The summed E-state index contributed by atoms with van der Waals surface area (Å²) in [6.07, 6.45) is 4.32. The largest absolute Gasteiger partial charge is 0.353 e. The number of β-lactam (4-membered cyclic amide) rings is 1. The van der Waals surface area contributed by atoms with E-state index in [-0.39, 0.29) is 5.91 Å². The Morgan fingerprint density at radius 1 is 1.45 bits per heavy atom. The molecule has 0 aromatic heterocycles. The number of rotatable bonds is 2. The Morgan fingerprint density at radius 2 is 1.91 bits per heavy atom. The predicted octanol–water partition coefficient (Wildman–Crippen LogP) is 2.09. The molecule has 2 nitrogen and oxygen atoms in total. The molecule has 1 aliphatic heterocycles. The van der Waals surface area contributed by atoms with E-state index in [2.05, 4.69) is 26.1 Å². The molecule has 0 aromatic rings. The van der Waals surface area contributed by atoms with Crippen LogP contribution in [0.3, 0.4) is 0 Å². The van der Waals surface area contributed by atoms with E-state index < -0.39 is 0 Å². The smallest absolute Gasteiger partial charge is 0.222 e. The third-order valence-electron chi connectivity index (χ3n) is 1.43. The van der Waals surface area contributed by atoms with E-state index in [1.807, 2.05) is 0 Å². The summed E-state index contributed by atoms with van der Waals surface area (Å²) in [4.78, 5) is 10.3. The van der Waals surface area contributed by atoms with Gasteiger partial charge >= 0.3 is 0 Å². The SMILES string of the molecule is CCC.CCCC1CC(=O)N1. The van der Waals surface area contributed by atoms with Crippen molar-refractivity contribution >= 4 is 5.91 Å². The van der Waals surface area contributed by atoms with E-state index in [1.54, 1.807) is 0 Å². The Bertz CT molecular complexity index is 104. The third-order valence-corrected chi connectivity index (χ3v) is 1.43. The van der Waals surface area contributed by atoms with Crippen LogP contribution in [0, 0.1) is 0 Å². The van der Waals surface area contributed by atoms with Crippen LogP contribution in [-0.4, -0.2) is 11.9 Å². The van der Waals surface area contributed by atoms with Gasteiger partial charge in [-0.2, -0.15) is 0 Å². The third kappa shape index (κ3) is 4.82. The van der Waals surface area contributed by atoms with Crippen LogP contribution >= 0.6 is 0 Å². The summed E-state index contributed by atoms with van der Waals surface area (Å²) in [6, 6.07) is 0.507. The fraction of sp³-hybridized carbons (Fsp3) is 0.889. The Kier molecular flexibility index (Phi) is 5.90. The van der Waals surface area contributed by atoms with Crippen molar-refractivity contribution in [3.05, 3.63) is 0 Å². The summed E-state index contributed by atoms with van der Waals surface area (Å²) >= 11 is 0. The molecule has 1 saturated heterocycles. The van der Waals surface area contributed by atoms with Crippen LogP contribution in [0.5, 0.6) is 0 Å². The summed E-state index contributed by atoms with van der Waals surface area (Å²) in [5.74, 6) is 0.212. The standard InChI is InChI=1S/C6H11NO.C3H8/c1-2-3-5-4-6(8)7-5;1-3-2/h5H,2-4H2,1H3,(H,7,8);3H2,1-2H3. The van der Waals surface area contributed by atoms with Crippen LogP contribution in [0.1, 0.15) is 46.5 Å². The van der Waals surface area contributed by atoms with Crippen molar-refractivity contribution in [1.29, 1.82) is 0 Å². The summed E-state index contributed by atoms with van der Waals surface area (Å²) in [7, 11) is 0. The number of hydrogen-bond acceptors (Lipinski definition) is 1. The van der Waals surface area contributed by atoms with Gasteiger partial charge in [-0.3, -0.25) is 4.79 Å². The van der Waals surface area contributed by atoms with Gasteiger partial charge in [0, 0.05) is 12.5 Å². The molecular formula is C9H19NO. The maximum Gasteiger partial charge on any atom is 0.222 e. The summed E-state index contributed by atoms with van der Waals surface area (Å²) in [5, 5.41) is 2.80. The van der Waals surface area contributed by atoms with E-state index in [9.17, 15) is 4.79 Å². The monoisotopic (exact) mass is 157 g/mol. The van der Waals surface area contributed by atoms with Gasteiger partial charge in [-0.25, -0.2) is 0 Å². The van der Waals surface area contributed by atoms with Crippen LogP contribution in [0.25, 0.3) is 0 Å². The number of carbonyl (C=O) groups is 1. The number of hydrogen-bond donors (Lipinski definition) is 1. The molecule has 1 heterocycles. The lowest BCUT2D eigenvalue weighted by molar-refractivity contribution is -0.128. The molecule has 1 N–H and O–H groups in total. The Balaban J connectivity index is 0.000000292. The molecule has 11 heavy (non-hydrogen) atoms. The highest BCUT2D eigenvalue weighted by atomic mass is 16.2. The Morgan fingerprint density at radius 3 is 2.18 bits per heavy atom. The van der Waals surface area contributed by atoms with Gasteiger partial charge in [-0.15, -0.1) is 0 Å². The van der Waals surface area contributed by atoms with Gasteiger partial charge < -0.3 is 5.32 Å². The zero-order chi connectivity index (χ0) is 8.69. The molecule has 0 aliphatic carbocycles. The minimum absolute atomic E-state index is 0.212. The van der Waals surface area contributed by atoms with E-state index in [0.717, 1.165) is 12.8 Å². The maximum atomic E-state index is 10.3. The lowest BCUT2D eigenvalue weighted by atomic mass is 10.0. The second kappa shape index (κ2) is 6.20. The molecule has 0 bridgehead atoms. The topological polar surface area (TPSA) is 29.1 Å². The molecule has 1 aliphatic rings. The highest BCUT2D eigenvalue weighted by Gasteiger charge is 2.23. The zero-order valence-corrected chi connectivity index (χ0v) is 7.81. The summed E-state index contributed by atoms with van der Waals surface area (Å²) in [6.45, 7) is 6.38. The average molecular weight is 157 g/mol. The molecule has 2 heteroatoms. The minimum atomic E-state index is 0.212. The van der Waals surface area contributed by atoms with Crippen molar-refractivity contribution < 1.29 is 4.79 Å². The van der Waals surface area contributed by atoms with E-state index in [1.165, 1.54) is 12.8 Å². The van der Waals surface area contributed by atoms with Crippen LogP contribution in [0.2, 0.25) is 0 Å². The van der Waals surface area contributed by atoms with Crippen molar-refractivity contribution in [1.82, 2.24) is 5.32 Å². The second-order valence-electron chi connectivity index (χ2n) is 2.96. The van der Waals surface area contributed by atoms with Gasteiger partial charge in [0.25, 0.3) is 0 Å². The number of nitrogens with one attached hydrogen (secondary N) is 1. The van der Waals surface area contributed by atoms with Gasteiger partial charge in [-0.05, 0) is 6.42 Å². The normalized spacial score (nSPS) is 21.0. The van der Waals surface area contributed by atoms with Gasteiger partial charge in [-0.1, -0.05) is 33.6 Å². The quantitative estimate of drug-likeness (QED) is 0.611. The fourth-order valence-electron chi connectivity index (χ4n) is 0.953. The fourth-order valence-corrected chi connectivity index (χ4v) is 0.953. The lowest BCUT2D eigenvalue weighted by Crippen LogP contribution is -2.48. The Hall–Kier alpha value is -0.530. The first-order valence-corrected chi connectivity index (χ1v) is 4.53. The van der Waals surface area contributed by atoms with E-state index in [0.29, 0.717) is 6.04 Å². The molecule has 1 fully saturated rings. The van der Waals surface area contributed by atoms with E-state index in [4.69, 9.17) is 0 Å². The molecule has 1 atom stereocenters. The lowest BCUT2D eigenvalue weighted by Gasteiger charge is -2.25. The zero-order valence-electron chi connectivity index (χ0n) is 7.81. The minimum Gasteiger partial charge on any atom is -0.353 e. The van der Waals surface area contributed by atoms with E-state index >= 15 is 0 Å². The molecule has 0 radical (unpaired) electrons. The van der Waals surface area contributed by atoms with Gasteiger partial charge in [0.15, 0.2) is 0 Å². The molecule has 0 spiro atoms. The molecule has 1 amide bonds. The summed E-state index contributed by atoms with van der Waals surface area (Å²) < 4.78 is 0. The first kappa shape index (κ1) is 10.5. The van der Waals surface area contributed by atoms with Crippen molar-refractivity contribution in [2.75, 3.05) is 0 Å². The summed E-state index contributed by atoms with van der Waals surface area (Å²) in [5.41, 5.74) is 0. The molecular weight excluding hydrogens is 138 g/mol. The van der Waals surface area contributed by atoms with Crippen molar-refractivity contribution in [3.8, 4) is 0 Å². The van der Waals surface area contributed by atoms with Crippen molar-refractivity contribution in [2.45, 2.75) is 52.5 Å². The first-order chi connectivity index (χ1) is 5.24. The molecule has 1 rings (SSSR count). The van der Waals surface area contributed by atoms with Crippen LogP contribution < -0.4 is 5.32 Å².